The molecule has 0 aliphatic carbocycles. The summed E-state index contributed by atoms with van der Waals surface area (Å²) in [5.41, 5.74) is 0. The van der Waals surface area contributed by atoms with Crippen LogP contribution in [0.5, 0.6) is 0 Å². The summed E-state index contributed by atoms with van der Waals surface area (Å²) in [5.74, 6) is 0. The summed E-state index contributed by atoms with van der Waals surface area (Å²) >= 11 is 0. The predicted octanol–water partition coefficient (Wildman–Crippen LogP) is 0.667. The zero-order chi connectivity index (χ0) is 7.82. The van der Waals surface area contributed by atoms with Crippen LogP contribution >= 0.6 is 0 Å². The maximum atomic E-state index is 3.87. The van der Waals surface area contributed by atoms with Crippen molar-refractivity contribution in [2.75, 3.05) is 27.3 Å². The molecule has 3 nitrogen and oxygen atoms in total. The van der Waals surface area contributed by atoms with Crippen LogP contribution in [0.15, 0.2) is 9.98 Å². The van der Waals surface area contributed by atoms with E-state index >= 15 is 0 Å². The van der Waals surface area contributed by atoms with Crippen molar-refractivity contribution in [2.24, 2.45) is 9.98 Å². The molecule has 0 amide bonds. The second kappa shape index (κ2) is 6.42. The molecule has 0 aliphatic rings. The molecule has 0 atom stereocenters. The summed E-state index contributed by atoms with van der Waals surface area (Å²) in [6.45, 7) is 5.11. The molecular formula is C7H15N3. The molecule has 3 heteroatoms. The van der Waals surface area contributed by atoms with Gasteiger partial charge in [-0.25, -0.2) is 0 Å². The SMILES string of the molecule is C=NCN(C)CCC=NC. The highest BCUT2D eigenvalue weighted by atomic mass is 15.2. The molecule has 0 bridgehead atoms. The van der Waals surface area contributed by atoms with E-state index in [2.05, 4.69) is 21.6 Å². The van der Waals surface area contributed by atoms with Gasteiger partial charge in [0.15, 0.2) is 0 Å². The Hall–Kier alpha value is -0.700. The molecule has 0 aromatic rings. The third-order valence-corrected chi connectivity index (χ3v) is 1.16. The van der Waals surface area contributed by atoms with Crippen LogP contribution in [0.2, 0.25) is 0 Å². The highest BCUT2D eigenvalue weighted by Gasteiger charge is 1.91. The van der Waals surface area contributed by atoms with Crippen LogP contribution in [0.1, 0.15) is 6.42 Å². The van der Waals surface area contributed by atoms with Gasteiger partial charge in [0.2, 0.25) is 0 Å². The fourth-order valence-corrected chi connectivity index (χ4v) is 0.649. The smallest absolute Gasteiger partial charge is 0.0899 e. The molecule has 0 heterocycles. The Balaban J connectivity index is 3.20. The van der Waals surface area contributed by atoms with Gasteiger partial charge in [0.1, 0.15) is 0 Å². The highest BCUT2D eigenvalue weighted by molar-refractivity contribution is 5.56. The second-order valence-corrected chi connectivity index (χ2v) is 2.17. The van der Waals surface area contributed by atoms with Gasteiger partial charge in [-0.3, -0.25) is 9.89 Å². The number of hydrogen-bond donors (Lipinski definition) is 0. The normalized spacial score (nSPS) is 11.1. The van der Waals surface area contributed by atoms with E-state index in [1.165, 1.54) is 0 Å². The number of nitrogens with zero attached hydrogens (tertiary/aromatic N) is 3. The van der Waals surface area contributed by atoms with Crippen molar-refractivity contribution in [3.8, 4) is 0 Å². The Kier molecular flexibility index (Phi) is 5.97. The first-order valence-electron chi connectivity index (χ1n) is 3.33. The van der Waals surface area contributed by atoms with E-state index in [9.17, 15) is 0 Å². The molecule has 0 fully saturated rings. The maximum Gasteiger partial charge on any atom is 0.0899 e. The molecule has 0 saturated carbocycles. The average molecular weight is 141 g/mol. The molecule has 0 N–H and O–H groups in total. The molecule has 0 saturated heterocycles. The number of hydrogen-bond acceptors (Lipinski definition) is 3. The first kappa shape index (κ1) is 9.30. The van der Waals surface area contributed by atoms with Crippen molar-refractivity contribution in [1.29, 1.82) is 0 Å². The van der Waals surface area contributed by atoms with E-state index in [1.807, 2.05) is 13.3 Å². The van der Waals surface area contributed by atoms with Crippen LogP contribution in [-0.4, -0.2) is 45.1 Å². The van der Waals surface area contributed by atoms with Crippen LogP contribution in [-0.2, 0) is 0 Å². The standard InChI is InChI=1S/C7H15N3/c1-8-5-4-6-10(3)7-9-2/h5H,2,4,6-7H2,1,3H3. The zero-order valence-electron chi connectivity index (χ0n) is 6.75. The number of aliphatic imine (C=N–C) groups is 2. The molecule has 0 spiro atoms. The van der Waals surface area contributed by atoms with E-state index in [0.29, 0.717) is 6.67 Å². The van der Waals surface area contributed by atoms with Gasteiger partial charge in [0.25, 0.3) is 0 Å². The minimum Gasteiger partial charge on any atom is -0.301 e. The predicted molar refractivity (Wildman–Crippen MR) is 46.1 cm³/mol. The van der Waals surface area contributed by atoms with E-state index < -0.39 is 0 Å². The third-order valence-electron chi connectivity index (χ3n) is 1.16. The van der Waals surface area contributed by atoms with E-state index in [-0.39, 0.29) is 0 Å². The first-order valence-corrected chi connectivity index (χ1v) is 3.33. The van der Waals surface area contributed by atoms with Crippen LogP contribution in [0.4, 0.5) is 0 Å². The Morgan fingerprint density at radius 2 is 2.30 bits per heavy atom. The average Bonchev–Trinajstić information content (AvgIpc) is 1.89. The Morgan fingerprint density at radius 1 is 1.60 bits per heavy atom. The van der Waals surface area contributed by atoms with E-state index in [4.69, 9.17) is 0 Å². The van der Waals surface area contributed by atoms with Gasteiger partial charge in [-0.05, 0) is 26.4 Å². The van der Waals surface area contributed by atoms with Gasteiger partial charge in [0.05, 0.1) is 6.67 Å². The molecule has 10 heavy (non-hydrogen) atoms. The minimum absolute atomic E-state index is 0.706. The van der Waals surface area contributed by atoms with Gasteiger partial charge in [-0.2, -0.15) is 0 Å². The van der Waals surface area contributed by atoms with Crippen LogP contribution in [0.3, 0.4) is 0 Å². The van der Waals surface area contributed by atoms with Gasteiger partial charge >= 0.3 is 0 Å². The summed E-state index contributed by atoms with van der Waals surface area (Å²) in [4.78, 5) is 9.71. The second-order valence-electron chi connectivity index (χ2n) is 2.17. The summed E-state index contributed by atoms with van der Waals surface area (Å²) in [6.07, 6.45) is 2.89. The molecule has 0 aliphatic heterocycles. The summed E-state index contributed by atoms with van der Waals surface area (Å²) in [7, 11) is 3.80. The lowest BCUT2D eigenvalue weighted by molar-refractivity contribution is 0.358. The molecule has 0 unspecified atom stereocenters. The van der Waals surface area contributed by atoms with Gasteiger partial charge in [-0.1, -0.05) is 0 Å². The van der Waals surface area contributed by atoms with E-state index in [1.54, 1.807) is 7.05 Å². The number of rotatable bonds is 5. The Morgan fingerprint density at radius 3 is 2.80 bits per heavy atom. The van der Waals surface area contributed by atoms with Gasteiger partial charge in [0, 0.05) is 13.6 Å². The highest BCUT2D eigenvalue weighted by Crippen LogP contribution is 1.83. The first-order chi connectivity index (χ1) is 4.81. The molecular weight excluding hydrogens is 126 g/mol. The van der Waals surface area contributed by atoms with Crippen molar-refractivity contribution in [3.63, 3.8) is 0 Å². The molecule has 0 radical (unpaired) electrons. The summed E-state index contributed by atoms with van der Waals surface area (Å²) < 4.78 is 0. The zero-order valence-corrected chi connectivity index (χ0v) is 6.75. The lowest BCUT2D eigenvalue weighted by atomic mass is 10.4. The van der Waals surface area contributed by atoms with Crippen molar-refractivity contribution < 1.29 is 0 Å². The molecule has 0 rings (SSSR count). The van der Waals surface area contributed by atoms with Crippen LogP contribution in [0, 0.1) is 0 Å². The van der Waals surface area contributed by atoms with Crippen LogP contribution < -0.4 is 0 Å². The third kappa shape index (κ3) is 5.44. The topological polar surface area (TPSA) is 28.0 Å². The maximum absolute atomic E-state index is 3.87. The monoisotopic (exact) mass is 141 g/mol. The van der Waals surface area contributed by atoms with Crippen molar-refractivity contribution >= 4 is 12.9 Å². The van der Waals surface area contributed by atoms with Crippen molar-refractivity contribution in [2.45, 2.75) is 6.42 Å². The van der Waals surface area contributed by atoms with Crippen molar-refractivity contribution in [1.82, 2.24) is 4.90 Å². The molecule has 58 valence electrons. The molecule has 0 aromatic heterocycles. The summed E-state index contributed by atoms with van der Waals surface area (Å²) in [5, 5.41) is 0. The largest absolute Gasteiger partial charge is 0.301 e. The Bertz CT molecular complexity index is 109. The summed E-state index contributed by atoms with van der Waals surface area (Å²) in [6, 6.07) is 0. The van der Waals surface area contributed by atoms with Gasteiger partial charge < -0.3 is 4.99 Å². The van der Waals surface area contributed by atoms with E-state index in [0.717, 1.165) is 13.0 Å². The van der Waals surface area contributed by atoms with Crippen LogP contribution in [0.25, 0.3) is 0 Å². The lowest BCUT2D eigenvalue weighted by Gasteiger charge is -2.10. The minimum atomic E-state index is 0.706. The fourth-order valence-electron chi connectivity index (χ4n) is 0.649. The fraction of sp³-hybridized carbons (Fsp3) is 0.714. The van der Waals surface area contributed by atoms with Crippen molar-refractivity contribution in [3.05, 3.63) is 0 Å². The quantitative estimate of drug-likeness (QED) is 0.517. The molecule has 0 aromatic carbocycles. The lowest BCUT2D eigenvalue weighted by Crippen LogP contribution is -2.19. The Labute approximate surface area is 62.5 Å². The van der Waals surface area contributed by atoms with Gasteiger partial charge in [-0.15, -0.1) is 0 Å².